The van der Waals surface area contributed by atoms with Crippen LogP contribution in [-0.4, -0.2) is 31.2 Å². The largest absolute Gasteiger partial charge is 0.368 e. The number of pyridine rings is 1. The van der Waals surface area contributed by atoms with Crippen LogP contribution in [0.4, 0.5) is 11.4 Å². The van der Waals surface area contributed by atoms with Gasteiger partial charge < -0.3 is 15.5 Å². The number of aromatic nitrogens is 1. The number of halogens is 1. The minimum absolute atomic E-state index is 0.485. The zero-order valence-electron chi connectivity index (χ0n) is 11.9. The van der Waals surface area contributed by atoms with Gasteiger partial charge in [0.1, 0.15) is 0 Å². The van der Waals surface area contributed by atoms with Crippen LogP contribution in [-0.2, 0) is 6.54 Å². The minimum Gasteiger partial charge on any atom is -0.368 e. The van der Waals surface area contributed by atoms with Crippen LogP contribution >= 0.6 is 11.6 Å². The van der Waals surface area contributed by atoms with E-state index in [1.807, 2.05) is 18.3 Å². The molecule has 5 heteroatoms. The van der Waals surface area contributed by atoms with E-state index in [4.69, 9.17) is 17.3 Å². The molecule has 0 atom stereocenters. The molecular weight excluding hydrogens is 284 g/mol. The molecule has 2 N–H and O–H groups in total. The summed E-state index contributed by atoms with van der Waals surface area (Å²) in [5, 5.41) is 0.781. The van der Waals surface area contributed by atoms with Crippen LogP contribution in [0.3, 0.4) is 0 Å². The van der Waals surface area contributed by atoms with Crippen molar-refractivity contribution < 1.29 is 0 Å². The first-order valence-corrected chi connectivity index (χ1v) is 7.54. The van der Waals surface area contributed by atoms with Crippen molar-refractivity contribution >= 4 is 23.0 Å². The third-order valence-corrected chi connectivity index (χ3v) is 4.10. The molecular formula is C16H19ClN4. The Morgan fingerprint density at radius 1 is 0.952 bits per heavy atom. The number of hydrogen-bond donors (Lipinski definition) is 1. The predicted octanol–water partition coefficient (Wildman–Crippen LogP) is 2.52. The number of rotatable bonds is 3. The predicted molar refractivity (Wildman–Crippen MR) is 88.0 cm³/mol. The van der Waals surface area contributed by atoms with E-state index in [0.717, 1.165) is 36.9 Å². The van der Waals surface area contributed by atoms with Crippen molar-refractivity contribution in [3.05, 3.63) is 53.3 Å². The van der Waals surface area contributed by atoms with Gasteiger partial charge in [-0.2, -0.15) is 0 Å². The van der Waals surface area contributed by atoms with E-state index in [0.29, 0.717) is 6.54 Å². The monoisotopic (exact) mass is 302 g/mol. The zero-order chi connectivity index (χ0) is 14.7. The number of hydrogen-bond acceptors (Lipinski definition) is 4. The van der Waals surface area contributed by atoms with Gasteiger partial charge in [0.2, 0.25) is 0 Å². The van der Waals surface area contributed by atoms with Crippen molar-refractivity contribution in [2.24, 2.45) is 5.73 Å². The maximum Gasteiger partial charge on any atom is 0.0560 e. The average molecular weight is 303 g/mol. The summed E-state index contributed by atoms with van der Waals surface area (Å²) in [7, 11) is 0. The van der Waals surface area contributed by atoms with Crippen LogP contribution < -0.4 is 15.5 Å². The Morgan fingerprint density at radius 2 is 1.57 bits per heavy atom. The maximum absolute atomic E-state index is 5.94. The number of piperazine rings is 1. The standard InChI is InChI=1S/C16H19ClN4/c17-13-1-3-15(4-2-13)20-7-9-21(10-8-20)16-5-6-19-14(11-16)12-18/h1-6,11H,7-10,12,18H2. The Balaban J connectivity index is 1.65. The van der Waals surface area contributed by atoms with Crippen LogP contribution in [0.5, 0.6) is 0 Å². The lowest BCUT2D eigenvalue weighted by molar-refractivity contribution is 0.653. The fraction of sp³-hybridized carbons (Fsp3) is 0.312. The molecule has 0 saturated carbocycles. The first kappa shape index (κ1) is 14.2. The second kappa shape index (κ2) is 6.33. The molecule has 1 aliphatic heterocycles. The Hall–Kier alpha value is -1.78. The number of nitrogens with two attached hydrogens (primary N) is 1. The first-order chi connectivity index (χ1) is 10.3. The number of nitrogens with zero attached hydrogens (tertiary/aromatic N) is 3. The van der Waals surface area contributed by atoms with Crippen molar-refractivity contribution in [1.82, 2.24) is 4.98 Å². The van der Waals surface area contributed by atoms with E-state index in [-0.39, 0.29) is 0 Å². The molecule has 1 fully saturated rings. The second-order valence-electron chi connectivity index (χ2n) is 5.16. The average Bonchev–Trinajstić information content (AvgIpc) is 2.56. The minimum atomic E-state index is 0.485. The molecule has 1 saturated heterocycles. The van der Waals surface area contributed by atoms with Crippen molar-refractivity contribution in [1.29, 1.82) is 0 Å². The molecule has 21 heavy (non-hydrogen) atoms. The van der Waals surface area contributed by atoms with Crippen LogP contribution in [0.1, 0.15) is 5.69 Å². The lowest BCUT2D eigenvalue weighted by atomic mass is 10.2. The molecule has 2 aromatic rings. The van der Waals surface area contributed by atoms with Crippen molar-refractivity contribution in [2.75, 3.05) is 36.0 Å². The van der Waals surface area contributed by atoms with Gasteiger partial charge in [-0.05, 0) is 36.4 Å². The summed E-state index contributed by atoms with van der Waals surface area (Å²) in [5.74, 6) is 0. The van der Waals surface area contributed by atoms with Crippen LogP contribution in [0.25, 0.3) is 0 Å². The van der Waals surface area contributed by atoms with E-state index in [9.17, 15) is 0 Å². The molecule has 0 unspecified atom stereocenters. The van der Waals surface area contributed by atoms with Crippen LogP contribution in [0.15, 0.2) is 42.6 Å². The topological polar surface area (TPSA) is 45.4 Å². The van der Waals surface area contributed by atoms with Gasteiger partial charge >= 0.3 is 0 Å². The summed E-state index contributed by atoms with van der Waals surface area (Å²) in [6.07, 6.45) is 1.84. The molecule has 110 valence electrons. The molecule has 0 radical (unpaired) electrons. The molecule has 3 rings (SSSR count). The highest BCUT2D eigenvalue weighted by Gasteiger charge is 2.17. The molecule has 1 aromatic carbocycles. The molecule has 0 amide bonds. The number of benzene rings is 1. The highest BCUT2D eigenvalue weighted by Crippen LogP contribution is 2.22. The van der Waals surface area contributed by atoms with Gasteiger partial charge in [-0.3, -0.25) is 4.98 Å². The van der Waals surface area contributed by atoms with E-state index < -0.39 is 0 Å². The lowest BCUT2D eigenvalue weighted by Crippen LogP contribution is -2.46. The summed E-state index contributed by atoms with van der Waals surface area (Å²) in [6.45, 7) is 4.48. The van der Waals surface area contributed by atoms with Gasteiger partial charge in [0.25, 0.3) is 0 Å². The van der Waals surface area contributed by atoms with Gasteiger partial charge in [0, 0.05) is 55.3 Å². The Kier molecular flexibility index (Phi) is 4.27. The second-order valence-corrected chi connectivity index (χ2v) is 5.60. The molecule has 2 heterocycles. The Labute approximate surface area is 130 Å². The first-order valence-electron chi connectivity index (χ1n) is 7.17. The van der Waals surface area contributed by atoms with Crippen molar-refractivity contribution in [3.8, 4) is 0 Å². The summed E-state index contributed by atoms with van der Waals surface area (Å²) >= 11 is 5.94. The van der Waals surface area contributed by atoms with Crippen LogP contribution in [0.2, 0.25) is 5.02 Å². The Bertz CT molecular complexity index is 591. The molecule has 1 aromatic heterocycles. The van der Waals surface area contributed by atoms with E-state index in [1.54, 1.807) is 0 Å². The summed E-state index contributed by atoms with van der Waals surface area (Å²) < 4.78 is 0. The van der Waals surface area contributed by atoms with Crippen molar-refractivity contribution in [2.45, 2.75) is 6.54 Å². The number of anilines is 2. The third-order valence-electron chi connectivity index (χ3n) is 3.85. The highest BCUT2D eigenvalue weighted by molar-refractivity contribution is 6.30. The SMILES string of the molecule is NCc1cc(N2CCN(c3ccc(Cl)cc3)CC2)ccn1. The summed E-state index contributed by atoms with van der Waals surface area (Å²) in [6, 6.07) is 12.2. The van der Waals surface area contributed by atoms with E-state index in [1.165, 1.54) is 11.4 Å². The summed E-state index contributed by atoms with van der Waals surface area (Å²) in [5.41, 5.74) is 9.04. The molecule has 1 aliphatic rings. The smallest absolute Gasteiger partial charge is 0.0560 e. The van der Waals surface area contributed by atoms with Gasteiger partial charge in [0.15, 0.2) is 0 Å². The maximum atomic E-state index is 5.94. The fourth-order valence-electron chi connectivity index (χ4n) is 2.65. The zero-order valence-corrected chi connectivity index (χ0v) is 12.6. The normalized spacial score (nSPS) is 15.3. The van der Waals surface area contributed by atoms with Crippen LogP contribution in [0, 0.1) is 0 Å². The molecule has 0 aliphatic carbocycles. The van der Waals surface area contributed by atoms with Gasteiger partial charge in [-0.15, -0.1) is 0 Å². The third kappa shape index (κ3) is 3.28. The lowest BCUT2D eigenvalue weighted by Gasteiger charge is -2.37. The summed E-state index contributed by atoms with van der Waals surface area (Å²) in [4.78, 5) is 9.02. The van der Waals surface area contributed by atoms with Crippen molar-refractivity contribution in [3.63, 3.8) is 0 Å². The molecule has 0 spiro atoms. The van der Waals surface area contributed by atoms with Gasteiger partial charge in [-0.25, -0.2) is 0 Å². The molecule has 4 nitrogen and oxygen atoms in total. The van der Waals surface area contributed by atoms with Gasteiger partial charge in [0.05, 0.1) is 5.69 Å². The van der Waals surface area contributed by atoms with E-state index >= 15 is 0 Å². The Morgan fingerprint density at radius 3 is 2.19 bits per heavy atom. The van der Waals surface area contributed by atoms with E-state index in [2.05, 4.69) is 39.0 Å². The highest BCUT2D eigenvalue weighted by atomic mass is 35.5. The fourth-order valence-corrected chi connectivity index (χ4v) is 2.77. The quantitative estimate of drug-likeness (QED) is 0.946. The van der Waals surface area contributed by atoms with Gasteiger partial charge in [-0.1, -0.05) is 11.6 Å². The molecule has 0 bridgehead atoms.